The highest BCUT2D eigenvalue weighted by Crippen LogP contribution is 2.27. The Balaban J connectivity index is 2.45. The molecule has 1 aliphatic heterocycles. The van der Waals surface area contributed by atoms with Crippen LogP contribution in [0, 0.1) is 5.92 Å². The highest BCUT2D eigenvalue weighted by atomic mass is 16.5. The molecule has 126 valence electrons. The van der Waals surface area contributed by atoms with Gasteiger partial charge in [0.15, 0.2) is 0 Å². The summed E-state index contributed by atoms with van der Waals surface area (Å²) in [6.45, 7) is 7.87. The van der Waals surface area contributed by atoms with Crippen molar-refractivity contribution >= 4 is 5.97 Å². The van der Waals surface area contributed by atoms with Crippen molar-refractivity contribution in [2.75, 3.05) is 0 Å². The number of carbonyl (C=O) groups excluding carboxylic acids is 1. The summed E-state index contributed by atoms with van der Waals surface area (Å²) in [6.07, 6.45) is 6.08. The van der Waals surface area contributed by atoms with E-state index in [1.54, 1.807) is 6.92 Å². The molecule has 0 saturated carbocycles. The molecule has 4 heteroatoms. The average Bonchev–Trinajstić information content (AvgIpc) is 2.40. The third-order valence-corrected chi connectivity index (χ3v) is 3.97. The molecule has 0 bridgehead atoms. The smallest absolute Gasteiger partial charge is 0.311 e. The molecule has 4 atom stereocenters. The van der Waals surface area contributed by atoms with Crippen LogP contribution in [-0.2, 0) is 9.53 Å². The first-order valence-corrected chi connectivity index (χ1v) is 8.15. The Morgan fingerprint density at radius 1 is 1.36 bits per heavy atom. The van der Waals surface area contributed by atoms with Crippen molar-refractivity contribution < 1.29 is 19.7 Å². The van der Waals surface area contributed by atoms with Crippen LogP contribution in [0.4, 0.5) is 0 Å². The molecule has 0 radical (unpaired) electrons. The van der Waals surface area contributed by atoms with Gasteiger partial charge in [-0.05, 0) is 47.0 Å². The monoisotopic (exact) mass is 310 g/mol. The number of hydrogen-bond donors (Lipinski definition) is 2. The molecule has 2 N–H and O–H groups in total. The second-order valence-corrected chi connectivity index (χ2v) is 6.66. The normalized spacial score (nSPS) is 27.3. The van der Waals surface area contributed by atoms with Crippen LogP contribution in [-0.4, -0.2) is 34.5 Å². The van der Waals surface area contributed by atoms with Crippen LogP contribution in [0.25, 0.3) is 0 Å². The molecule has 4 unspecified atom stereocenters. The SMILES string of the molecule is CC(C)=CCC/C(C)=C/CC1CC(O)C(CC(C)O)C(=O)O1. The second kappa shape index (κ2) is 9.11. The lowest BCUT2D eigenvalue weighted by atomic mass is 9.88. The highest BCUT2D eigenvalue weighted by Gasteiger charge is 2.37. The third-order valence-electron chi connectivity index (χ3n) is 3.97. The molecule has 0 aliphatic carbocycles. The van der Waals surface area contributed by atoms with Gasteiger partial charge in [0.2, 0.25) is 0 Å². The first-order valence-electron chi connectivity index (χ1n) is 8.15. The maximum atomic E-state index is 11.9. The maximum absolute atomic E-state index is 11.9. The molecule has 0 amide bonds. The number of aliphatic hydroxyl groups excluding tert-OH is 2. The lowest BCUT2D eigenvalue weighted by Gasteiger charge is -2.32. The Bertz CT molecular complexity index is 419. The zero-order valence-corrected chi connectivity index (χ0v) is 14.2. The molecule has 0 aromatic carbocycles. The molecule has 1 aliphatic rings. The number of ether oxygens (including phenoxy) is 1. The standard InChI is InChI=1S/C18H30O4/c1-12(2)6-5-7-13(3)8-9-15-11-17(20)16(10-14(4)19)18(21)22-15/h6,8,14-17,19-20H,5,7,9-11H2,1-4H3/b13-8+. The fourth-order valence-electron chi connectivity index (χ4n) is 2.68. The molecular weight excluding hydrogens is 280 g/mol. The number of aliphatic hydroxyl groups is 2. The number of esters is 1. The molecule has 0 aromatic rings. The van der Waals surface area contributed by atoms with Crippen molar-refractivity contribution in [3.8, 4) is 0 Å². The van der Waals surface area contributed by atoms with E-state index in [1.807, 2.05) is 0 Å². The van der Waals surface area contributed by atoms with Gasteiger partial charge >= 0.3 is 5.97 Å². The topological polar surface area (TPSA) is 66.8 Å². The summed E-state index contributed by atoms with van der Waals surface area (Å²) in [7, 11) is 0. The number of hydrogen-bond acceptors (Lipinski definition) is 4. The van der Waals surface area contributed by atoms with Gasteiger partial charge in [-0.2, -0.15) is 0 Å². The predicted molar refractivity (Wildman–Crippen MR) is 87.3 cm³/mol. The zero-order valence-electron chi connectivity index (χ0n) is 14.2. The van der Waals surface area contributed by atoms with Crippen molar-refractivity contribution in [3.63, 3.8) is 0 Å². The van der Waals surface area contributed by atoms with Crippen molar-refractivity contribution in [1.82, 2.24) is 0 Å². The Labute approximate surface area is 133 Å². The van der Waals surface area contributed by atoms with Crippen LogP contribution in [0.5, 0.6) is 0 Å². The molecule has 1 heterocycles. The first-order chi connectivity index (χ1) is 10.3. The number of rotatable bonds is 7. The Kier molecular flexibility index (Phi) is 7.83. The largest absolute Gasteiger partial charge is 0.462 e. The van der Waals surface area contributed by atoms with E-state index in [4.69, 9.17) is 4.74 Å². The van der Waals surface area contributed by atoms with Gasteiger partial charge in [-0.25, -0.2) is 0 Å². The molecule has 0 spiro atoms. The van der Waals surface area contributed by atoms with Crippen LogP contribution in [0.15, 0.2) is 23.3 Å². The molecule has 22 heavy (non-hydrogen) atoms. The maximum Gasteiger partial charge on any atom is 0.311 e. The van der Waals surface area contributed by atoms with Crippen LogP contribution < -0.4 is 0 Å². The fraction of sp³-hybridized carbons (Fsp3) is 0.722. The summed E-state index contributed by atoms with van der Waals surface area (Å²) < 4.78 is 5.40. The lowest BCUT2D eigenvalue weighted by Crippen LogP contribution is -2.42. The first kappa shape index (κ1) is 18.9. The van der Waals surface area contributed by atoms with E-state index in [2.05, 4.69) is 32.9 Å². The van der Waals surface area contributed by atoms with Gasteiger partial charge in [0.05, 0.1) is 18.1 Å². The quantitative estimate of drug-likeness (QED) is 0.560. The van der Waals surface area contributed by atoms with E-state index in [1.165, 1.54) is 11.1 Å². The van der Waals surface area contributed by atoms with Crippen LogP contribution in [0.2, 0.25) is 0 Å². The van der Waals surface area contributed by atoms with E-state index in [9.17, 15) is 15.0 Å². The van der Waals surface area contributed by atoms with Gasteiger partial charge in [0.25, 0.3) is 0 Å². The van der Waals surface area contributed by atoms with Crippen LogP contribution in [0.3, 0.4) is 0 Å². The number of allylic oxidation sites excluding steroid dienone is 3. The highest BCUT2D eigenvalue weighted by molar-refractivity contribution is 5.74. The van der Waals surface area contributed by atoms with Crippen molar-refractivity contribution in [1.29, 1.82) is 0 Å². The lowest BCUT2D eigenvalue weighted by molar-refractivity contribution is -0.171. The van der Waals surface area contributed by atoms with Gasteiger partial charge in [0.1, 0.15) is 6.10 Å². The van der Waals surface area contributed by atoms with Crippen molar-refractivity contribution in [2.24, 2.45) is 5.92 Å². The number of carbonyl (C=O) groups is 1. The zero-order chi connectivity index (χ0) is 16.7. The van der Waals surface area contributed by atoms with E-state index in [-0.39, 0.29) is 18.5 Å². The van der Waals surface area contributed by atoms with Gasteiger partial charge in [-0.1, -0.05) is 23.3 Å². The molecule has 1 fully saturated rings. The Morgan fingerprint density at radius 2 is 2.05 bits per heavy atom. The summed E-state index contributed by atoms with van der Waals surface area (Å²) in [6, 6.07) is 0. The summed E-state index contributed by atoms with van der Waals surface area (Å²) in [5.74, 6) is -0.987. The van der Waals surface area contributed by atoms with Crippen molar-refractivity contribution in [3.05, 3.63) is 23.3 Å². The van der Waals surface area contributed by atoms with E-state index in [0.29, 0.717) is 12.8 Å². The summed E-state index contributed by atoms with van der Waals surface area (Å²) in [5, 5.41) is 19.5. The minimum atomic E-state index is -0.722. The minimum absolute atomic E-state index is 0.254. The van der Waals surface area contributed by atoms with Gasteiger partial charge in [-0.3, -0.25) is 4.79 Å². The summed E-state index contributed by atoms with van der Waals surface area (Å²) in [4.78, 5) is 11.9. The van der Waals surface area contributed by atoms with E-state index >= 15 is 0 Å². The van der Waals surface area contributed by atoms with Crippen LogP contribution in [0.1, 0.15) is 59.8 Å². The minimum Gasteiger partial charge on any atom is -0.462 e. The van der Waals surface area contributed by atoms with Gasteiger partial charge in [-0.15, -0.1) is 0 Å². The van der Waals surface area contributed by atoms with Gasteiger partial charge in [0, 0.05) is 12.8 Å². The Morgan fingerprint density at radius 3 is 2.59 bits per heavy atom. The fourth-order valence-corrected chi connectivity index (χ4v) is 2.68. The molecule has 0 aromatic heterocycles. The molecular formula is C18H30O4. The summed E-state index contributed by atoms with van der Waals surface area (Å²) >= 11 is 0. The second-order valence-electron chi connectivity index (χ2n) is 6.66. The van der Waals surface area contributed by atoms with E-state index in [0.717, 1.165) is 12.8 Å². The molecule has 1 saturated heterocycles. The number of cyclic esters (lactones) is 1. The molecule has 1 rings (SSSR count). The molecule has 4 nitrogen and oxygen atoms in total. The van der Waals surface area contributed by atoms with Crippen molar-refractivity contribution in [2.45, 2.75) is 78.1 Å². The summed E-state index contributed by atoms with van der Waals surface area (Å²) in [5.41, 5.74) is 2.59. The van der Waals surface area contributed by atoms with Crippen LogP contribution >= 0.6 is 0 Å². The predicted octanol–water partition coefficient (Wildman–Crippen LogP) is 3.13. The third kappa shape index (κ3) is 6.75. The van der Waals surface area contributed by atoms with Gasteiger partial charge < -0.3 is 14.9 Å². The average molecular weight is 310 g/mol. The van der Waals surface area contributed by atoms with E-state index < -0.39 is 18.1 Å². The Hall–Kier alpha value is -1.13.